The van der Waals surface area contributed by atoms with Crippen LogP contribution in [-0.2, 0) is 11.2 Å². The molecule has 2 aromatic heterocycles. The standard InChI is InChI=1S/C19H22N4O2/c1-13(2)18-21-19-15(8-6-12-23(19)22-18)20-17(24)11-10-14-7-4-5-9-16(14)25-3/h4-9,12-13H,10-11H2,1-3H3,(H,20,24). The summed E-state index contributed by atoms with van der Waals surface area (Å²) in [6, 6.07) is 11.4. The molecule has 6 heteroatoms. The fourth-order valence-electron chi connectivity index (χ4n) is 2.64. The number of carbonyl (C=O) groups excluding carboxylic acids is 1. The number of pyridine rings is 1. The Kier molecular flexibility index (Phi) is 4.97. The van der Waals surface area contributed by atoms with Crippen LogP contribution >= 0.6 is 0 Å². The van der Waals surface area contributed by atoms with Gasteiger partial charge in [-0.25, -0.2) is 9.50 Å². The quantitative estimate of drug-likeness (QED) is 0.747. The minimum atomic E-state index is -0.0619. The van der Waals surface area contributed by atoms with Crippen LogP contribution in [0.25, 0.3) is 5.65 Å². The summed E-state index contributed by atoms with van der Waals surface area (Å²) in [4.78, 5) is 16.9. The molecule has 1 aromatic carbocycles. The Labute approximate surface area is 146 Å². The van der Waals surface area contributed by atoms with Crippen molar-refractivity contribution < 1.29 is 9.53 Å². The monoisotopic (exact) mass is 338 g/mol. The predicted octanol–water partition coefficient (Wildman–Crippen LogP) is 3.43. The van der Waals surface area contributed by atoms with Gasteiger partial charge >= 0.3 is 0 Å². The molecule has 2 heterocycles. The molecule has 3 aromatic rings. The minimum Gasteiger partial charge on any atom is -0.496 e. The number of rotatable bonds is 6. The maximum atomic E-state index is 12.4. The molecule has 1 N–H and O–H groups in total. The Morgan fingerprint density at radius 3 is 2.80 bits per heavy atom. The number of ether oxygens (including phenoxy) is 1. The Hall–Kier alpha value is -2.89. The first-order chi connectivity index (χ1) is 12.1. The number of para-hydroxylation sites is 1. The van der Waals surface area contributed by atoms with Crippen LogP contribution in [0.4, 0.5) is 5.69 Å². The van der Waals surface area contributed by atoms with E-state index in [1.54, 1.807) is 11.6 Å². The number of fused-ring (bicyclic) bond motifs is 1. The van der Waals surface area contributed by atoms with Crippen molar-refractivity contribution in [1.29, 1.82) is 0 Å². The van der Waals surface area contributed by atoms with Crippen molar-refractivity contribution in [3.63, 3.8) is 0 Å². The number of benzene rings is 1. The van der Waals surface area contributed by atoms with Gasteiger partial charge < -0.3 is 10.1 Å². The number of aromatic nitrogens is 3. The second-order valence-corrected chi connectivity index (χ2v) is 6.17. The van der Waals surface area contributed by atoms with E-state index in [0.717, 1.165) is 17.1 Å². The van der Waals surface area contributed by atoms with Crippen molar-refractivity contribution in [2.75, 3.05) is 12.4 Å². The zero-order valence-corrected chi connectivity index (χ0v) is 14.7. The fourth-order valence-corrected chi connectivity index (χ4v) is 2.64. The summed E-state index contributed by atoms with van der Waals surface area (Å²) in [6.07, 6.45) is 2.81. The van der Waals surface area contributed by atoms with Crippen molar-refractivity contribution in [2.24, 2.45) is 0 Å². The number of hydrogen-bond acceptors (Lipinski definition) is 4. The smallest absolute Gasteiger partial charge is 0.224 e. The van der Waals surface area contributed by atoms with Gasteiger partial charge in [-0.1, -0.05) is 32.0 Å². The fraction of sp³-hybridized carbons (Fsp3) is 0.316. The zero-order chi connectivity index (χ0) is 17.8. The Morgan fingerprint density at radius 1 is 1.24 bits per heavy atom. The average molecular weight is 338 g/mol. The van der Waals surface area contributed by atoms with E-state index in [1.165, 1.54) is 0 Å². The number of nitrogens with one attached hydrogen (secondary N) is 1. The lowest BCUT2D eigenvalue weighted by Gasteiger charge is -2.09. The zero-order valence-electron chi connectivity index (χ0n) is 14.7. The van der Waals surface area contributed by atoms with Crippen LogP contribution in [0, 0.1) is 0 Å². The van der Waals surface area contributed by atoms with Crippen molar-refractivity contribution in [3.05, 3.63) is 54.0 Å². The molecule has 1 amide bonds. The lowest BCUT2D eigenvalue weighted by atomic mass is 10.1. The maximum absolute atomic E-state index is 12.4. The summed E-state index contributed by atoms with van der Waals surface area (Å²) in [5, 5.41) is 7.38. The van der Waals surface area contributed by atoms with Gasteiger partial charge in [0.25, 0.3) is 0 Å². The number of nitrogens with zero attached hydrogens (tertiary/aromatic N) is 3. The molecular formula is C19H22N4O2. The predicted molar refractivity (Wildman–Crippen MR) is 97.0 cm³/mol. The van der Waals surface area contributed by atoms with Gasteiger partial charge in [0.1, 0.15) is 5.75 Å². The molecule has 0 fully saturated rings. The molecule has 6 nitrogen and oxygen atoms in total. The highest BCUT2D eigenvalue weighted by atomic mass is 16.5. The van der Waals surface area contributed by atoms with E-state index in [2.05, 4.69) is 15.4 Å². The lowest BCUT2D eigenvalue weighted by molar-refractivity contribution is -0.116. The van der Waals surface area contributed by atoms with Crippen LogP contribution in [0.3, 0.4) is 0 Å². The molecule has 0 aliphatic rings. The molecule has 3 rings (SSSR count). The van der Waals surface area contributed by atoms with Crippen LogP contribution in [0.5, 0.6) is 5.75 Å². The van der Waals surface area contributed by atoms with Gasteiger partial charge in [0, 0.05) is 18.5 Å². The number of hydrogen-bond donors (Lipinski definition) is 1. The normalized spacial score (nSPS) is 11.0. The summed E-state index contributed by atoms with van der Waals surface area (Å²) in [6.45, 7) is 4.08. The van der Waals surface area contributed by atoms with E-state index in [-0.39, 0.29) is 11.8 Å². The van der Waals surface area contributed by atoms with Gasteiger partial charge in [0.2, 0.25) is 5.91 Å². The maximum Gasteiger partial charge on any atom is 0.224 e. The molecule has 0 aliphatic carbocycles. The minimum absolute atomic E-state index is 0.0619. The van der Waals surface area contributed by atoms with Crippen LogP contribution in [0.15, 0.2) is 42.6 Å². The molecule has 0 saturated heterocycles. The number of carbonyl (C=O) groups is 1. The Morgan fingerprint density at radius 2 is 2.04 bits per heavy atom. The summed E-state index contributed by atoms with van der Waals surface area (Å²) >= 11 is 0. The summed E-state index contributed by atoms with van der Waals surface area (Å²) in [5.74, 6) is 1.73. The van der Waals surface area contributed by atoms with Gasteiger partial charge in [0.15, 0.2) is 11.5 Å². The largest absolute Gasteiger partial charge is 0.496 e. The molecular weight excluding hydrogens is 316 g/mol. The third-order valence-electron chi connectivity index (χ3n) is 3.98. The topological polar surface area (TPSA) is 68.5 Å². The highest BCUT2D eigenvalue weighted by Crippen LogP contribution is 2.21. The highest BCUT2D eigenvalue weighted by molar-refractivity contribution is 5.94. The first-order valence-corrected chi connectivity index (χ1v) is 8.35. The van der Waals surface area contributed by atoms with Gasteiger partial charge in [-0.3, -0.25) is 4.79 Å². The van der Waals surface area contributed by atoms with E-state index in [1.807, 2.05) is 56.4 Å². The van der Waals surface area contributed by atoms with Gasteiger partial charge in [-0.15, -0.1) is 0 Å². The third-order valence-corrected chi connectivity index (χ3v) is 3.98. The third kappa shape index (κ3) is 3.79. The second-order valence-electron chi connectivity index (χ2n) is 6.17. The number of anilines is 1. The van der Waals surface area contributed by atoms with Crippen LogP contribution < -0.4 is 10.1 Å². The van der Waals surface area contributed by atoms with Crippen molar-refractivity contribution in [1.82, 2.24) is 14.6 Å². The number of amides is 1. The van der Waals surface area contributed by atoms with E-state index in [4.69, 9.17) is 4.74 Å². The van der Waals surface area contributed by atoms with Crippen molar-refractivity contribution >= 4 is 17.2 Å². The highest BCUT2D eigenvalue weighted by Gasteiger charge is 2.13. The Bertz CT molecular complexity index is 886. The van der Waals surface area contributed by atoms with E-state index in [9.17, 15) is 4.79 Å². The number of methoxy groups -OCH3 is 1. The summed E-state index contributed by atoms with van der Waals surface area (Å²) < 4.78 is 7.02. The lowest BCUT2D eigenvalue weighted by Crippen LogP contribution is -2.13. The van der Waals surface area contributed by atoms with Crippen molar-refractivity contribution in [2.45, 2.75) is 32.6 Å². The SMILES string of the molecule is COc1ccccc1CCC(=O)Nc1cccn2nc(C(C)C)nc12. The first kappa shape index (κ1) is 17.0. The molecule has 0 atom stereocenters. The van der Waals surface area contributed by atoms with Crippen LogP contribution in [0.2, 0.25) is 0 Å². The van der Waals surface area contributed by atoms with Gasteiger partial charge in [-0.05, 0) is 30.2 Å². The van der Waals surface area contributed by atoms with E-state index >= 15 is 0 Å². The van der Waals surface area contributed by atoms with E-state index < -0.39 is 0 Å². The molecule has 130 valence electrons. The van der Waals surface area contributed by atoms with Crippen LogP contribution in [0.1, 0.15) is 37.6 Å². The number of aryl methyl sites for hydroxylation is 1. The van der Waals surface area contributed by atoms with E-state index in [0.29, 0.717) is 24.2 Å². The van der Waals surface area contributed by atoms with Gasteiger partial charge in [0.05, 0.1) is 12.8 Å². The molecule has 0 spiro atoms. The summed E-state index contributed by atoms with van der Waals surface area (Å²) in [7, 11) is 1.64. The first-order valence-electron chi connectivity index (χ1n) is 8.35. The molecule has 25 heavy (non-hydrogen) atoms. The van der Waals surface area contributed by atoms with Gasteiger partial charge in [-0.2, -0.15) is 5.10 Å². The van der Waals surface area contributed by atoms with Crippen molar-refractivity contribution in [3.8, 4) is 5.75 Å². The Balaban J connectivity index is 1.72. The van der Waals surface area contributed by atoms with Crippen LogP contribution in [-0.4, -0.2) is 27.6 Å². The molecule has 0 radical (unpaired) electrons. The molecule has 0 aliphatic heterocycles. The average Bonchev–Trinajstić information content (AvgIpc) is 3.06. The molecule has 0 bridgehead atoms. The molecule has 0 saturated carbocycles. The second kappa shape index (κ2) is 7.34. The molecule has 0 unspecified atom stereocenters. The summed E-state index contributed by atoms with van der Waals surface area (Å²) in [5.41, 5.74) is 2.35.